The zero-order valence-corrected chi connectivity index (χ0v) is 17.3. The maximum atomic E-state index is 12.0. The lowest BCUT2D eigenvalue weighted by Gasteiger charge is -2.25. The van der Waals surface area contributed by atoms with Crippen molar-refractivity contribution in [2.75, 3.05) is 12.9 Å². The smallest absolute Gasteiger partial charge is 0.264 e. The number of aliphatic hydroxyl groups is 1. The number of hydroxylamine groups is 1. The van der Waals surface area contributed by atoms with E-state index >= 15 is 0 Å². The summed E-state index contributed by atoms with van der Waals surface area (Å²) in [6, 6.07) is 15.4. The Morgan fingerprint density at radius 3 is 2.10 bits per heavy atom. The zero-order chi connectivity index (χ0) is 21.5. The minimum atomic E-state index is -3.71. The van der Waals surface area contributed by atoms with E-state index < -0.39 is 20.5 Å². The van der Waals surface area contributed by atoms with Crippen molar-refractivity contribution < 1.29 is 23.5 Å². The number of aryl methyl sites for hydroxylation is 1. The van der Waals surface area contributed by atoms with Gasteiger partial charge in [-0.15, -0.1) is 0 Å². The third kappa shape index (κ3) is 5.67. The van der Waals surface area contributed by atoms with E-state index in [1.165, 1.54) is 12.4 Å². The molecule has 0 aliphatic heterocycles. The Labute approximate surface area is 171 Å². The van der Waals surface area contributed by atoms with Gasteiger partial charge in [0.2, 0.25) is 0 Å². The second-order valence-corrected chi connectivity index (χ2v) is 9.44. The monoisotopic (exact) mass is 415 g/mol. The average Bonchev–Trinajstić information content (AvgIpc) is 2.71. The number of carbonyl (C=O) groups is 1. The highest BCUT2D eigenvalue weighted by Crippen LogP contribution is 2.25. The highest BCUT2D eigenvalue weighted by atomic mass is 32.2. The first-order valence-electron chi connectivity index (χ1n) is 9.14. The van der Waals surface area contributed by atoms with Gasteiger partial charge in [0.1, 0.15) is 4.75 Å². The zero-order valence-electron chi connectivity index (χ0n) is 16.5. The van der Waals surface area contributed by atoms with Crippen molar-refractivity contribution in [3.8, 4) is 23.0 Å². The topological polar surface area (TPSA) is 104 Å². The largest absolute Gasteiger partial charge is 0.395 e. The molecule has 7 heteroatoms. The molecule has 0 saturated heterocycles. The molecule has 1 unspecified atom stereocenters. The molecule has 2 rings (SSSR count). The summed E-state index contributed by atoms with van der Waals surface area (Å²) < 4.78 is 22.4. The van der Waals surface area contributed by atoms with Gasteiger partial charge in [0.05, 0.1) is 6.61 Å². The van der Waals surface area contributed by atoms with Gasteiger partial charge in [0, 0.05) is 18.2 Å². The van der Waals surface area contributed by atoms with Gasteiger partial charge in [0.15, 0.2) is 9.84 Å². The van der Waals surface area contributed by atoms with E-state index in [0.717, 1.165) is 28.5 Å². The molecule has 2 aromatic rings. The van der Waals surface area contributed by atoms with Crippen LogP contribution in [0, 0.1) is 11.8 Å². The Balaban J connectivity index is 2.10. The van der Waals surface area contributed by atoms with Crippen LogP contribution in [0.1, 0.15) is 30.9 Å². The first kappa shape index (κ1) is 22.6. The van der Waals surface area contributed by atoms with E-state index in [0.29, 0.717) is 12.8 Å². The quantitative estimate of drug-likeness (QED) is 0.366. The fourth-order valence-corrected chi connectivity index (χ4v) is 3.65. The molecule has 0 bridgehead atoms. The van der Waals surface area contributed by atoms with Crippen LogP contribution in [0.3, 0.4) is 0 Å². The molecule has 0 spiro atoms. The van der Waals surface area contributed by atoms with Gasteiger partial charge in [0.25, 0.3) is 5.91 Å². The van der Waals surface area contributed by atoms with Gasteiger partial charge < -0.3 is 5.11 Å². The molecular formula is C22H25NO5S. The van der Waals surface area contributed by atoms with Crippen molar-refractivity contribution in [1.29, 1.82) is 0 Å². The highest BCUT2D eigenvalue weighted by molar-refractivity contribution is 7.92. The number of benzene rings is 2. The van der Waals surface area contributed by atoms with Crippen LogP contribution >= 0.6 is 0 Å². The minimum absolute atomic E-state index is 0.0471. The third-order valence-electron chi connectivity index (χ3n) is 4.93. The van der Waals surface area contributed by atoms with Crippen LogP contribution in [0.4, 0.5) is 0 Å². The number of hydrogen-bond donors (Lipinski definition) is 3. The van der Waals surface area contributed by atoms with E-state index in [4.69, 9.17) is 10.3 Å². The summed E-state index contributed by atoms with van der Waals surface area (Å²) in [5, 5.41) is 17.6. The van der Waals surface area contributed by atoms with E-state index in [-0.39, 0.29) is 13.0 Å². The summed E-state index contributed by atoms with van der Waals surface area (Å²) in [4.78, 5) is 11.9. The van der Waals surface area contributed by atoms with Crippen LogP contribution < -0.4 is 5.48 Å². The lowest BCUT2D eigenvalue weighted by molar-refractivity contribution is -0.131. The molecule has 0 aliphatic carbocycles. The average molecular weight is 416 g/mol. The lowest BCUT2D eigenvalue weighted by atomic mass is 9.97. The van der Waals surface area contributed by atoms with Crippen LogP contribution in [0.25, 0.3) is 11.1 Å². The molecule has 0 heterocycles. The van der Waals surface area contributed by atoms with Gasteiger partial charge in [-0.3, -0.25) is 10.0 Å². The standard InChI is InChI=1S/C22H25NO5S/c1-22(21(25)23-26,29(2,27)28)15-14-18-8-12-20(13-9-18)19-10-6-17(7-11-19)5-3-4-16-24/h6-13,24,26H,4,14-16H2,1-2H3,(H,23,25). The van der Waals surface area contributed by atoms with E-state index in [1.807, 2.05) is 48.5 Å². The summed E-state index contributed by atoms with van der Waals surface area (Å²) in [6.45, 7) is 1.36. The first-order valence-corrected chi connectivity index (χ1v) is 11.0. The van der Waals surface area contributed by atoms with Gasteiger partial charge in [-0.2, -0.15) is 0 Å². The third-order valence-corrected chi connectivity index (χ3v) is 6.96. The fraction of sp³-hybridized carbons (Fsp3) is 0.318. The molecule has 0 saturated carbocycles. The Morgan fingerprint density at radius 2 is 1.62 bits per heavy atom. The molecule has 0 fully saturated rings. The van der Waals surface area contributed by atoms with Crippen molar-refractivity contribution in [1.82, 2.24) is 5.48 Å². The highest BCUT2D eigenvalue weighted by Gasteiger charge is 2.43. The van der Waals surface area contributed by atoms with Gasteiger partial charge in [-0.05, 0) is 48.6 Å². The molecular weight excluding hydrogens is 390 g/mol. The van der Waals surface area contributed by atoms with Crippen LogP contribution in [0.5, 0.6) is 0 Å². The molecule has 6 nitrogen and oxygen atoms in total. The van der Waals surface area contributed by atoms with E-state index in [9.17, 15) is 13.2 Å². The predicted octanol–water partition coefficient (Wildman–Crippen LogP) is 2.33. The minimum Gasteiger partial charge on any atom is -0.395 e. The van der Waals surface area contributed by atoms with Crippen molar-refractivity contribution >= 4 is 15.7 Å². The van der Waals surface area contributed by atoms with Crippen molar-refractivity contribution in [2.45, 2.75) is 30.9 Å². The Bertz CT molecular complexity index is 1000. The number of amides is 1. The lowest BCUT2D eigenvalue weighted by Crippen LogP contribution is -2.49. The molecule has 0 radical (unpaired) electrons. The van der Waals surface area contributed by atoms with Crippen LogP contribution in [0.15, 0.2) is 48.5 Å². The first-order chi connectivity index (χ1) is 13.7. The van der Waals surface area contributed by atoms with Gasteiger partial charge in [-0.1, -0.05) is 48.2 Å². The van der Waals surface area contributed by atoms with Crippen molar-refractivity contribution in [3.05, 3.63) is 59.7 Å². The van der Waals surface area contributed by atoms with Crippen molar-refractivity contribution in [3.63, 3.8) is 0 Å². The molecule has 2 aromatic carbocycles. The maximum absolute atomic E-state index is 12.0. The summed E-state index contributed by atoms with van der Waals surface area (Å²) in [6.07, 6.45) is 1.86. The maximum Gasteiger partial charge on any atom is 0.264 e. The predicted molar refractivity (Wildman–Crippen MR) is 112 cm³/mol. The number of carbonyl (C=O) groups excluding carboxylic acids is 1. The number of sulfone groups is 1. The number of rotatable bonds is 7. The second kappa shape index (κ2) is 9.70. The van der Waals surface area contributed by atoms with Gasteiger partial charge in [-0.25, -0.2) is 13.9 Å². The Hall–Kier alpha value is -2.66. The fourth-order valence-electron chi connectivity index (χ4n) is 2.80. The second-order valence-electron chi connectivity index (χ2n) is 6.99. The Kier molecular flexibility index (Phi) is 7.57. The van der Waals surface area contributed by atoms with Gasteiger partial charge >= 0.3 is 0 Å². The molecule has 0 aromatic heterocycles. The SMILES string of the molecule is CC(CCc1ccc(-c2ccc(C#CCCO)cc2)cc1)(C(=O)NO)S(C)(=O)=O. The number of nitrogens with one attached hydrogen (secondary N) is 1. The molecule has 1 atom stereocenters. The van der Waals surface area contributed by atoms with Crippen LogP contribution in [-0.2, 0) is 21.1 Å². The van der Waals surface area contributed by atoms with E-state index in [2.05, 4.69) is 11.8 Å². The summed E-state index contributed by atoms with van der Waals surface area (Å²) >= 11 is 0. The normalized spacial score (nSPS) is 13.1. The molecule has 3 N–H and O–H groups in total. The Morgan fingerprint density at radius 1 is 1.07 bits per heavy atom. The summed E-state index contributed by atoms with van der Waals surface area (Å²) in [5.74, 6) is 4.93. The molecule has 1 amide bonds. The van der Waals surface area contributed by atoms with Crippen LogP contribution in [-0.4, -0.2) is 42.2 Å². The summed E-state index contributed by atoms with van der Waals surface area (Å²) in [5.41, 5.74) is 5.25. The number of aliphatic hydroxyl groups excluding tert-OH is 1. The molecule has 0 aliphatic rings. The van der Waals surface area contributed by atoms with Crippen molar-refractivity contribution in [2.24, 2.45) is 0 Å². The van der Waals surface area contributed by atoms with E-state index in [1.54, 1.807) is 0 Å². The van der Waals surface area contributed by atoms with Crippen LogP contribution in [0.2, 0.25) is 0 Å². The number of hydrogen-bond acceptors (Lipinski definition) is 5. The summed E-state index contributed by atoms with van der Waals surface area (Å²) in [7, 11) is -3.71. The molecule has 154 valence electrons. The molecule has 29 heavy (non-hydrogen) atoms.